The van der Waals surface area contributed by atoms with Crippen LogP contribution in [0.15, 0.2) is 41.0 Å². The van der Waals surface area contributed by atoms with Crippen LogP contribution in [0.5, 0.6) is 11.5 Å². The van der Waals surface area contributed by atoms with Gasteiger partial charge in [-0.05, 0) is 43.9 Å². The van der Waals surface area contributed by atoms with E-state index in [1.54, 1.807) is 32.4 Å². The summed E-state index contributed by atoms with van der Waals surface area (Å²) < 4.78 is 22.3. The van der Waals surface area contributed by atoms with Crippen molar-refractivity contribution in [1.82, 2.24) is 0 Å². The van der Waals surface area contributed by atoms with Crippen LogP contribution in [0.1, 0.15) is 30.9 Å². The Bertz CT molecular complexity index is 1070. The predicted octanol–water partition coefficient (Wildman–Crippen LogP) is 5.60. The lowest BCUT2D eigenvalue weighted by Gasteiger charge is -2.13. The van der Waals surface area contributed by atoms with Crippen LogP contribution in [0.25, 0.3) is 11.0 Å². The first kappa shape index (κ1) is 21.4. The van der Waals surface area contributed by atoms with Gasteiger partial charge in [-0.3, -0.25) is 4.79 Å². The van der Waals surface area contributed by atoms with Crippen molar-refractivity contribution >= 4 is 34.2 Å². The second-order valence-corrected chi connectivity index (χ2v) is 8.10. The number of furan rings is 1. The maximum Gasteiger partial charge on any atom is 0.310 e. The summed E-state index contributed by atoms with van der Waals surface area (Å²) >= 11 is 6.36. The molecule has 1 heterocycles. The summed E-state index contributed by atoms with van der Waals surface area (Å²) in [6, 6.07) is 9.15. The fraction of sp³-hybridized carbons (Fsp3) is 0.375. The van der Waals surface area contributed by atoms with E-state index in [9.17, 15) is 4.79 Å². The number of nitrogens with one attached hydrogen (secondary N) is 1. The van der Waals surface area contributed by atoms with E-state index >= 15 is 0 Å². The molecular formula is C24H26ClNO5. The van der Waals surface area contributed by atoms with Crippen LogP contribution in [-0.4, -0.2) is 26.2 Å². The molecule has 0 amide bonds. The van der Waals surface area contributed by atoms with Gasteiger partial charge in [0.05, 0.1) is 32.1 Å². The normalized spacial score (nSPS) is 13.3. The number of ether oxygens (including phenoxy) is 3. The molecule has 0 unspecified atom stereocenters. The third-order valence-corrected chi connectivity index (χ3v) is 5.51. The van der Waals surface area contributed by atoms with Crippen molar-refractivity contribution in [2.24, 2.45) is 5.92 Å². The SMILES string of the molecule is CCOC(=O)Cc1ccc(OC)cc1OCc1coc2c(NCC3CC3)cc(Cl)cc12. The first-order valence-electron chi connectivity index (χ1n) is 10.5. The Morgan fingerprint density at radius 1 is 1.23 bits per heavy atom. The number of benzene rings is 2. The number of anilines is 1. The Kier molecular flexibility index (Phi) is 6.56. The lowest BCUT2D eigenvalue weighted by Crippen LogP contribution is -2.09. The Balaban J connectivity index is 1.55. The van der Waals surface area contributed by atoms with Crippen molar-refractivity contribution in [2.75, 3.05) is 25.6 Å². The second kappa shape index (κ2) is 9.52. The number of esters is 1. The molecule has 1 saturated carbocycles. The predicted molar refractivity (Wildman–Crippen MR) is 120 cm³/mol. The highest BCUT2D eigenvalue weighted by atomic mass is 35.5. The van der Waals surface area contributed by atoms with Crippen LogP contribution in [-0.2, 0) is 22.6 Å². The molecule has 1 aliphatic carbocycles. The van der Waals surface area contributed by atoms with Crippen LogP contribution in [0, 0.1) is 5.92 Å². The van der Waals surface area contributed by atoms with E-state index in [1.807, 2.05) is 18.2 Å². The van der Waals surface area contributed by atoms with Gasteiger partial charge in [0.2, 0.25) is 0 Å². The molecule has 0 bridgehead atoms. The molecule has 0 saturated heterocycles. The monoisotopic (exact) mass is 443 g/mol. The van der Waals surface area contributed by atoms with E-state index in [1.165, 1.54) is 12.8 Å². The van der Waals surface area contributed by atoms with Gasteiger partial charge < -0.3 is 23.9 Å². The fourth-order valence-electron chi connectivity index (χ4n) is 3.44. The highest BCUT2D eigenvalue weighted by Crippen LogP contribution is 2.35. The largest absolute Gasteiger partial charge is 0.497 e. The summed E-state index contributed by atoms with van der Waals surface area (Å²) in [5.74, 6) is 1.65. The zero-order valence-electron chi connectivity index (χ0n) is 17.7. The van der Waals surface area contributed by atoms with Crippen LogP contribution in [0.4, 0.5) is 5.69 Å². The average molecular weight is 444 g/mol. The molecule has 6 nitrogen and oxygen atoms in total. The summed E-state index contributed by atoms with van der Waals surface area (Å²) in [4.78, 5) is 12.0. The smallest absolute Gasteiger partial charge is 0.310 e. The first-order chi connectivity index (χ1) is 15.1. The standard InChI is InChI=1S/C24H26ClNO5/c1-3-29-23(27)8-16-6-7-19(28-2)11-22(16)30-13-17-14-31-24-20(17)9-18(25)10-21(24)26-12-15-4-5-15/h6-7,9-11,14-15,26H,3-5,8,12-13H2,1-2H3. The molecule has 31 heavy (non-hydrogen) atoms. The minimum absolute atomic E-state index is 0.125. The van der Waals surface area contributed by atoms with Gasteiger partial charge in [0.1, 0.15) is 18.1 Å². The summed E-state index contributed by atoms with van der Waals surface area (Å²) in [6.45, 7) is 3.30. The quantitative estimate of drug-likeness (QED) is 0.411. The molecule has 164 valence electrons. The van der Waals surface area contributed by atoms with Gasteiger partial charge in [-0.2, -0.15) is 0 Å². The topological polar surface area (TPSA) is 69.9 Å². The molecule has 0 radical (unpaired) electrons. The van der Waals surface area contributed by atoms with Gasteiger partial charge in [-0.25, -0.2) is 0 Å². The number of methoxy groups -OCH3 is 1. The molecule has 3 aromatic rings. The Morgan fingerprint density at radius 3 is 2.81 bits per heavy atom. The summed E-state index contributed by atoms with van der Waals surface area (Å²) in [5.41, 5.74) is 3.26. The maximum atomic E-state index is 12.0. The molecule has 0 aliphatic heterocycles. The lowest BCUT2D eigenvalue weighted by molar-refractivity contribution is -0.142. The van der Waals surface area contributed by atoms with Gasteiger partial charge in [-0.15, -0.1) is 0 Å². The van der Waals surface area contributed by atoms with E-state index in [-0.39, 0.29) is 19.0 Å². The molecule has 1 N–H and O–H groups in total. The van der Waals surface area contributed by atoms with E-state index in [4.69, 9.17) is 30.2 Å². The molecule has 4 rings (SSSR count). The Labute approximate surface area is 186 Å². The number of hydrogen-bond acceptors (Lipinski definition) is 6. The molecule has 1 aromatic heterocycles. The molecule has 7 heteroatoms. The minimum atomic E-state index is -0.301. The number of fused-ring (bicyclic) bond motifs is 1. The lowest BCUT2D eigenvalue weighted by atomic mass is 10.1. The van der Waals surface area contributed by atoms with Crippen molar-refractivity contribution in [3.63, 3.8) is 0 Å². The Morgan fingerprint density at radius 2 is 2.06 bits per heavy atom. The van der Waals surface area contributed by atoms with Crippen LogP contribution >= 0.6 is 11.6 Å². The minimum Gasteiger partial charge on any atom is -0.497 e. The van der Waals surface area contributed by atoms with Crippen molar-refractivity contribution in [2.45, 2.75) is 32.8 Å². The Hall–Kier alpha value is -2.86. The van der Waals surface area contributed by atoms with Crippen LogP contribution in [0.2, 0.25) is 5.02 Å². The molecular weight excluding hydrogens is 418 g/mol. The highest BCUT2D eigenvalue weighted by Gasteiger charge is 2.22. The number of rotatable bonds is 10. The molecule has 1 fully saturated rings. The van der Waals surface area contributed by atoms with Gasteiger partial charge in [0.15, 0.2) is 5.58 Å². The van der Waals surface area contributed by atoms with E-state index in [0.29, 0.717) is 23.1 Å². The van der Waals surface area contributed by atoms with Crippen molar-refractivity contribution in [1.29, 1.82) is 0 Å². The zero-order chi connectivity index (χ0) is 21.8. The first-order valence-corrected chi connectivity index (χ1v) is 10.8. The maximum absolute atomic E-state index is 12.0. The van der Waals surface area contributed by atoms with E-state index in [0.717, 1.165) is 40.2 Å². The molecule has 0 atom stereocenters. The number of hydrogen-bond donors (Lipinski definition) is 1. The summed E-state index contributed by atoms with van der Waals surface area (Å²) in [7, 11) is 1.59. The third kappa shape index (κ3) is 5.25. The third-order valence-electron chi connectivity index (χ3n) is 5.29. The van der Waals surface area contributed by atoms with Gasteiger partial charge >= 0.3 is 5.97 Å². The molecule has 2 aromatic carbocycles. The fourth-order valence-corrected chi connectivity index (χ4v) is 3.66. The number of carbonyl (C=O) groups is 1. The van der Waals surface area contributed by atoms with Crippen LogP contribution < -0.4 is 14.8 Å². The zero-order valence-corrected chi connectivity index (χ0v) is 18.5. The summed E-state index contributed by atoms with van der Waals surface area (Å²) in [5, 5.41) is 4.99. The van der Waals surface area contributed by atoms with E-state index in [2.05, 4.69) is 5.32 Å². The highest BCUT2D eigenvalue weighted by molar-refractivity contribution is 6.31. The second-order valence-electron chi connectivity index (χ2n) is 7.66. The van der Waals surface area contributed by atoms with Crippen molar-refractivity contribution < 1.29 is 23.4 Å². The average Bonchev–Trinajstić information content (AvgIpc) is 3.50. The summed E-state index contributed by atoms with van der Waals surface area (Å²) in [6.07, 6.45) is 4.35. The van der Waals surface area contributed by atoms with Crippen molar-refractivity contribution in [3.8, 4) is 11.5 Å². The van der Waals surface area contributed by atoms with Gasteiger partial charge in [0, 0.05) is 34.1 Å². The molecule has 0 spiro atoms. The number of halogens is 1. The van der Waals surface area contributed by atoms with Crippen LogP contribution in [0.3, 0.4) is 0 Å². The van der Waals surface area contributed by atoms with E-state index < -0.39 is 0 Å². The van der Waals surface area contributed by atoms with Crippen molar-refractivity contribution in [3.05, 3.63) is 52.7 Å². The van der Waals surface area contributed by atoms with Gasteiger partial charge in [0.25, 0.3) is 0 Å². The number of carbonyl (C=O) groups excluding carboxylic acids is 1. The molecule has 1 aliphatic rings. The van der Waals surface area contributed by atoms with Gasteiger partial charge in [-0.1, -0.05) is 17.7 Å².